The number of hydrazone groups is 1. The van der Waals surface area contributed by atoms with E-state index < -0.39 is 0 Å². The Bertz CT molecular complexity index is 840. The number of nitrogens with one attached hydrogen (secondary N) is 1. The SMILES string of the molecule is C/C(=N/Nc1nc(-c2ccc(F)c(C)c2)cs1)c1ccccc1. The highest BCUT2D eigenvalue weighted by Gasteiger charge is 2.06. The maximum atomic E-state index is 13.3. The van der Waals surface area contributed by atoms with Gasteiger partial charge in [0.1, 0.15) is 5.82 Å². The Morgan fingerprint density at radius 2 is 1.96 bits per heavy atom. The van der Waals surface area contributed by atoms with Crippen LogP contribution in [-0.2, 0) is 0 Å². The lowest BCUT2D eigenvalue weighted by atomic mass is 10.1. The van der Waals surface area contributed by atoms with Gasteiger partial charge >= 0.3 is 0 Å². The summed E-state index contributed by atoms with van der Waals surface area (Å²) in [6.45, 7) is 3.69. The topological polar surface area (TPSA) is 37.3 Å². The molecule has 2 aromatic carbocycles. The Morgan fingerprint density at radius 3 is 2.70 bits per heavy atom. The molecule has 23 heavy (non-hydrogen) atoms. The normalized spacial score (nSPS) is 11.5. The van der Waals surface area contributed by atoms with Gasteiger partial charge in [-0.15, -0.1) is 11.3 Å². The summed E-state index contributed by atoms with van der Waals surface area (Å²) >= 11 is 1.47. The van der Waals surface area contributed by atoms with Crippen LogP contribution in [0.1, 0.15) is 18.1 Å². The zero-order valence-corrected chi connectivity index (χ0v) is 13.7. The molecule has 1 aromatic heterocycles. The molecule has 0 saturated carbocycles. The molecule has 1 N–H and O–H groups in total. The first kappa shape index (κ1) is 15.4. The Hall–Kier alpha value is -2.53. The second kappa shape index (κ2) is 6.71. The van der Waals surface area contributed by atoms with Crippen LogP contribution in [0, 0.1) is 12.7 Å². The predicted octanol–water partition coefficient (Wildman–Crippen LogP) is 5.09. The van der Waals surface area contributed by atoms with E-state index in [-0.39, 0.29) is 5.82 Å². The van der Waals surface area contributed by atoms with Crippen molar-refractivity contribution in [2.75, 3.05) is 5.43 Å². The zero-order chi connectivity index (χ0) is 16.2. The fourth-order valence-electron chi connectivity index (χ4n) is 2.14. The lowest BCUT2D eigenvalue weighted by Gasteiger charge is -2.01. The summed E-state index contributed by atoms with van der Waals surface area (Å²) in [7, 11) is 0. The summed E-state index contributed by atoms with van der Waals surface area (Å²) in [6, 6.07) is 15.0. The van der Waals surface area contributed by atoms with Crippen molar-refractivity contribution in [3.63, 3.8) is 0 Å². The quantitative estimate of drug-likeness (QED) is 0.535. The van der Waals surface area contributed by atoms with Gasteiger partial charge in [-0.25, -0.2) is 9.37 Å². The molecule has 3 rings (SSSR count). The predicted molar refractivity (Wildman–Crippen MR) is 94.5 cm³/mol. The first-order valence-electron chi connectivity index (χ1n) is 7.21. The number of aryl methyl sites for hydroxylation is 1. The lowest BCUT2D eigenvalue weighted by molar-refractivity contribution is 0.619. The number of hydrogen-bond donors (Lipinski definition) is 1. The van der Waals surface area contributed by atoms with E-state index in [1.807, 2.05) is 42.6 Å². The van der Waals surface area contributed by atoms with Gasteiger partial charge < -0.3 is 0 Å². The van der Waals surface area contributed by atoms with Gasteiger partial charge in [-0.2, -0.15) is 5.10 Å². The van der Waals surface area contributed by atoms with Crippen LogP contribution in [0.3, 0.4) is 0 Å². The van der Waals surface area contributed by atoms with Crippen LogP contribution in [0.15, 0.2) is 59.0 Å². The molecular formula is C18H16FN3S. The smallest absolute Gasteiger partial charge is 0.203 e. The Labute approximate surface area is 138 Å². The maximum absolute atomic E-state index is 13.3. The van der Waals surface area contributed by atoms with Gasteiger partial charge in [0.25, 0.3) is 0 Å². The average molecular weight is 325 g/mol. The third kappa shape index (κ3) is 3.63. The van der Waals surface area contributed by atoms with E-state index in [0.29, 0.717) is 10.7 Å². The number of rotatable bonds is 4. The van der Waals surface area contributed by atoms with Gasteiger partial charge in [0.2, 0.25) is 5.13 Å². The molecular weight excluding hydrogens is 309 g/mol. The summed E-state index contributed by atoms with van der Waals surface area (Å²) in [5.74, 6) is -0.203. The van der Waals surface area contributed by atoms with Crippen LogP contribution >= 0.6 is 11.3 Å². The van der Waals surface area contributed by atoms with Gasteiger partial charge in [-0.05, 0) is 43.2 Å². The molecule has 0 spiro atoms. The Kier molecular flexibility index (Phi) is 4.48. The first-order chi connectivity index (χ1) is 11.1. The minimum atomic E-state index is -0.203. The Balaban J connectivity index is 1.76. The van der Waals surface area contributed by atoms with Crippen LogP contribution in [0.2, 0.25) is 0 Å². The third-order valence-corrected chi connectivity index (χ3v) is 4.22. The second-order valence-corrected chi connectivity index (χ2v) is 6.04. The van der Waals surface area contributed by atoms with Crippen LogP contribution in [0.5, 0.6) is 0 Å². The number of benzene rings is 2. The molecule has 3 nitrogen and oxygen atoms in total. The summed E-state index contributed by atoms with van der Waals surface area (Å²) in [6.07, 6.45) is 0. The van der Waals surface area contributed by atoms with Crippen molar-refractivity contribution in [1.82, 2.24) is 4.98 Å². The number of aromatic nitrogens is 1. The van der Waals surface area contributed by atoms with Gasteiger partial charge in [-0.1, -0.05) is 30.3 Å². The van der Waals surface area contributed by atoms with Crippen molar-refractivity contribution in [2.45, 2.75) is 13.8 Å². The van der Waals surface area contributed by atoms with E-state index >= 15 is 0 Å². The highest BCUT2D eigenvalue weighted by atomic mass is 32.1. The molecule has 1 heterocycles. The van der Waals surface area contributed by atoms with Crippen LogP contribution in [0.25, 0.3) is 11.3 Å². The average Bonchev–Trinajstić information content (AvgIpc) is 3.05. The number of hydrogen-bond acceptors (Lipinski definition) is 4. The van der Waals surface area contributed by atoms with Crippen molar-refractivity contribution in [3.8, 4) is 11.3 Å². The highest BCUT2D eigenvalue weighted by molar-refractivity contribution is 7.14. The van der Waals surface area contributed by atoms with Gasteiger partial charge in [0.05, 0.1) is 11.4 Å². The fraction of sp³-hybridized carbons (Fsp3) is 0.111. The number of halogens is 1. The number of nitrogens with zero attached hydrogens (tertiary/aromatic N) is 2. The number of anilines is 1. The van der Waals surface area contributed by atoms with E-state index in [9.17, 15) is 4.39 Å². The van der Waals surface area contributed by atoms with E-state index in [0.717, 1.165) is 22.5 Å². The van der Waals surface area contributed by atoms with E-state index in [1.54, 1.807) is 19.1 Å². The second-order valence-electron chi connectivity index (χ2n) is 5.18. The summed E-state index contributed by atoms with van der Waals surface area (Å²) in [5.41, 5.74) is 7.26. The molecule has 0 saturated heterocycles. The summed E-state index contributed by atoms with van der Waals surface area (Å²) < 4.78 is 13.3. The van der Waals surface area contributed by atoms with Gasteiger partial charge in [0.15, 0.2) is 0 Å². The van der Waals surface area contributed by atoms with E-state index in [2.05, 4.69) is 15.5 Å². The first-order valence-corrected chi connectivity index (χ1v) is 8.09. The molecule has 0 unspecified atom stereocenters. The van der Waals surface area contributed by atoms with Gasteiger partial charge in [-0.3, -0.25) is 5.43 Å². The summed E-state index contributed by atoms with van der Waals surface area (Å²) in [4.78, 5) is 4.49. The van der Waals surface area contributed by atoms with E-state index in [4.69, 9.17) is 0 Å². The standard InChI is InChI=1S/C18H16FN3S/c1-12-10-15(8-9-16(12)19)17-11-23-18(20-17)22-21-13(2)14-6-4-3-5-7-14/h3-11H,1-2H3,(H,20,22)/b21-13-. The maximum Gasteiger partial charge on any atom is 0.203 e. The molecule has 0 aliphatic rings. The highest BCUT2D eigenvalue weighted by Crippen LogP contribution is 2.26. The van der Waals surface area contributed by atoms with E-state index in [1.165, 1.54) is 17.4 Å². The molecule has 3 aromatic rings. The molecule has 0 aliphatic heterocycles. The molecule has 116 valence electrons. The zero-order valence-electron chi connectivity index (χ0n) is 12.9. The third-order valence-electron chi connectivity index (χ3n) is 3.47. The van der Waals surface area contributed by atoms with Crippen LogP contribution in [-0.4, -0.2) is 10.7 Å². The van der Waals surface area contributed by atoms with Crippen molar-refractivity contribution in [2.24, 2.45) is 5.10 Å². The van der Waals surface area contributed by atoms with Crippen molar-refractivity contribution < 1.29 is 4.39 Å². The summed E-state index contributed by atoms with van der Waals surface area (Å²) in [5, 5.41) is 7.00. The number of thiazole rings is 1. The largest absolute Gasteiger partial charge is 0.252 e. The minimum absolute atomic E-state index is 0.203. The molecule has 0 fully saturated rings. The molecule has 0 bridgehead atoms. The minimum Gasteiger partial charge on any atom is -0.252 e. The lowest BCUT2D eigenvalue weighted by Crippen LogP contribution is -1.99. The monoisotopic (exact) mass is 325 g/mol. The molecule has 0 radical (unpaired) electrons. The van der Waals surface area contributed by atoms with Gasteiger partial charge in [0, 0.05) is 10.9 Å². The molecule has 0 aliphatic carbocycles. The van der Waals surface area contributed by atoms with Crippen molar-refractivity contribution >= 4 is 22.2 Å². The van der Waals surface area contributed by atoms with Crippen LogP contribution < -0.4 is 5.43 Å². The molecule has 5 heteroatoms. The molecule has 0 amide bonds. The van der Waals surface area contributed by atoms with Crippen molar-refractivity contribution in [3.05, 3.63) is 70.9 Å². The van der Waals surface area contributed by atoms with Crippen molar-refractivity contribution in [1.29, 1.82) is 0 Å². The van der Waals surface area contributed by atoms with Crippen LogP contribution in [0.4, 0.5) is 9.52 Å². The molecule has 0 atom stereocenters. The fourth-order valence-corrected chi connectivity index (χ4v) is 2.80. The Morgan fingerprint density at radius 1 is 1.17 bits per heavy atom.